The zero-order valence-electron chi connectivity index (χ0n) is 8.79. The van der Waals surface area contributed by atoms with Crippen LogP contribution in [0.5, 0.6) is 0 Å². The smallest absolute Gasteiger partial charge is 0.0745 e. The van der Waals surface area contributed by atoms with Crippen molar-refractivity contribution >= 4 is 0 Å². The maximum atomic E-state index is 10.5. The normalized spacial score (nSPS) is 55.4. The molecule has 0 amide bonds. The van der Waals surface area contributed by atoms with Gasteiger partial charge in [0.15, 0.2) is 0 Å². The van der Waals surface area contributed by atoms with E-state index in [4.69, 9.17) is 4.74 Å². The van der Waals surface area contributed by atoms with E-state index in [-0.39, 0.29) is 0 Å². The lowest BCUT2D eigenvalue weighted by molar-refractivity contribution is -0.189. The van der Waals surface area contributed by atoms with Crippen LogP contribution in [0.4, 0.5) is 0 Å². The van der Waals surface area contributed by atoms with Crippen molar-refractivity contribution in [1.82, 2.24) is 0 Å². The van der Waals surface area contributed by atoms with Crippen LogP contribution in [-0.4, -0.2) is 22.9 Å². The van der Waals surface area contributed by atoms with Gasteiger partial charge in [-0.25, -0.2) is 0 Å². The molecule has 2 heteroatoms. The third kappa shape index (κ3) is 1.15. The minimum absolute atomic E-state index is 0.297. The van der Waals surface area contributed by atoms with Crippen LogP contribution in [0.25, 0.3) is 0 Å². The molecule has 13 heavy (non-hydrogen) atoms. The highest BCUT2D eigenvalue weighted by atomic mass is 16.5. The van der Waals surface area contributed by atoms with Gasteiger partial charge in [-0.15, -0.1) is 0 Å². The molecule has 2 bridgehead atoms. The van der Waals surface area contributed by atoms with Crippen molar-refractivity contribution in [1.29, 1.82) is 0 Å². The minimum Gasteiger partial charge on any atom is -0.389 e. The Kier molecular flexibility index (Phi) is 2.16. The van der Waals surface area contributed by atoms with Gasteiger partial charge in [-0.2, -0.15) is 0 Å². The second kappa shape index (κ2) is 2.96. The first-order chi connectivity index (χ1) is 6.09. The lowest BCUT2D eigenvalue weighted by Gasteiger charge is -2.46. The molecule has 2 saturated heterocycles. The van der Waals surface area contributed by atoms with Gasteiger partial charge in [0.25, 0.3) is 0 Å². The molecule has 1 N–H and O–H groups in total. The first kappa shape index (κ1) is 9.47. The molecule has 2 heterocycles. The molecule has 0 spiro atoms. The van der Waals surface area contributed by atoms with Gasteiger partial charge in [-0.3, -0.25) is 0 Å². The number of hydrogen-bond donors (Lipinski definition) is 1. The van der Waals surface area contributed by atoms with E-state index in [2.05, 4.69) is 20.8 Å². The molecular formula is C11H20O2. The fourth-order valence-electron chi connectivity index (χ4n) is 3.13. The molecule has 2 aliphatic rings. The van der Waals surface area contributed by atoms with Crippen molar-refractivity contribution in [2.75, 3.05) is 0 Å². The van der Waals surface area contributed by atoms with Crippen molar-refractivity contribution < 1.29 is 9.84 Å². The summed E-state index contributed by atoms with van der Waals surface area (Å²) in [6.45, 7) is 6.34. The third-order valence-corrected chi connectivity index (χ3v) is 4.34. The molecule has 0 aliphatic carbocycles. The highest BCUT2D eigenvalue weighted by Crippen LogP contribution is 2.47. The van der Waals surface area contributed by atoms with E-state index in [0.717, 1.165) is 19.3 Å². The molecule has 2 aliphatic heterocycles. The Hall–Kier alpha value is -0.0800. The van der Waals surface area contributed by atoms with Gasteiger partial charge in [0.1, 0.15) is 0 Å². The summed E-state index contributed by atoms with van der Waals surface area (Å²) in [6, 6.07) is 0. The summed E-state index contributed by atoms with van der Waals surface area (Å²) in [4.78, 5) is 0. The molecule has 0 aromatic heterocycles. The summed E-state index contributed by atoms with van der Waals surface area (Å²) >= 11 is 0. The number of aliphatic hydroxyl groups is 1. The van der Waals surface area contributed by atoms with E-state index in [9.17, 15) is 5.11 Å². The number of ether oxygens (including phenoxy) is 1. The van der Waals surface area contributed by atoms with Crippen molar-refractivity contribution in [3.8, 4) is 0 Å². The molecule has 2 nitrogen and oxygen atoms in total. The molecule has 2 unspecified atom stereocenters. The van der Waals surface area contributed by atoms with Crippen LogP contribution in [0, 0.1) is 11.8 Å². The highest BCUT2D eigenvalue weighted by molar-refractivity contribution is 5.02. The van der Waals surface area contributed by atoms with Crippen molar-refractivity contribution in [2.24, 2.45) is 11.8 Å². The minimum atomic E-state index is -0.482. The van der Waals surface area contributed by atoms with Gasteiger partial charge in [0.05, 0.1) is 17.8 Å². The second-order valence-corrected chi connectivity index (χ2v) is 4.71. The largest absolute Gasteiger partial charge is 0.389 e. The molecule has 0 saturated carbocycles. The van der Waals surface area contributed by atoms with Gasteiger partial charge in [0, 0.05) is 11.8 Å². The predicted molar refractivity (Wildman–Crippen MR) is 51.5 cm³/mol. The molecule has 0 aromatic carbocycles. The summed E-state index contributed by atoms with van der Waals surface area (Å²) < 4.78 is 5.86. The Bertz CT molecular complexity index is 186. The van der Waals surface area contributed by atoms with Crippen LogP contribution in [0.3, 0.4) is 0 Å². The topological polar surface area (TPSA) is 29.5 Å². The Labute approximate surface area is 80.3 Å². The Morgan fingerprint density at radius 3 is 2.08 bits per heavy atom. The van der Waals surface area contributed by atoms with Crippen LogP contribution in [0.1, 0.15) is 40.0 Å². The molecule has 5 atom stereocenters. The molecular weight excluding hydrogens is 164 g/mol. The first-order valence-corrected chi connectivity index (χ1v) is 5.47. The van der Waals surface area contributed by atoms with Gasteiger partial charge in [-0.1, -0.05) is 20.8 Å². The fourth-order valence-corrected chi connectivity index (χ4v) is 3.13. The quantitative estimate of drug-likeness (QED) is 0.675. The molecule has 0 radical (unpaired) electrons. The molecule has 2 rings (SSSR count). The fraction of sp³-hybridized carbons (Fsp3) is 1.00. The lowest BCUT2D eigenvalue weighted by atomic mass is 9.72. The van der Waals surface area contributed by atoms with Crippen LogP contribution in [0.15, 0.2) is 0 Å². The molecule has 2 fully saturated rings. The van der Waals surface area contributed by atoms with Crippen LogP contribution >= 0.6 is 0 Å². The lowest BCUT2D eigenvalue weighted by Crippen LogP contribution is -2.54. The predicted octanol–water partition coefficient (Wildman–Crippen LogP) is 1.96. The van der Waals surface area contributed by atoms with Gasteiger partial charge in [-0.05, 0) is 19.3 Å². The summed E-state index contributed by atoms with van der Waals surface area (Å²) in [5.41, 5.74) is -0.482. The number of hydrogen-bond acceptors (Lipinski definition) is 2. The third-order valence-electron chi connectivity index (χ3n) is 4.34. The van der Waals surface area contributed by atoms with E-state index >= 15 is 0 Å². The standard InChI is InChI=1S/C11H20O2/c1-4-11(12)7(2)9-5-6-10(13-9)8(11)3/h7-10,12H,4-6H2,1-3H3/t7-,8+,9?,10?,11-. The van der Waals surface area contributed by atoms with E-state index in [1.54, 1.807) is 0 Å². The number of rotatable bonds is 1. The van der Waals surface area contributed by atoms with E-state index in [0.29, 0.717) is 24.0 Å². The average molecular weight is 184 g/mol. The van der Waals surface area contributed by atoms with Gasteiger partial charge < -0.3 is 9.84 Å². The van der Waals surface area contributed by atoms with Gasteiger partial charge in [0.2, 0.25) is 0 Å². The monoisotopic (exact) mass is 184 g/mol. The maximum absolute atomic E-state index is 10.5. The zero-order chi connectivity index (χ0) is 9.64. The van der Waals surface area contributed by atoms with Crippen LogP contribution in [-0.2, 0) is 4.74 Å². The summed E-state index contributed by atoms with van der Waals surface area (Å²) in [5, 5.41) is 10.5. The maximum Gasteiger partial charge on any atom is 0.0745 e. The van der Waals surface area contributed by atoms with Crippen LogP contribution < -0.4 is 0 Å². The summed E-state index contributed by atoms with van der Waals surface area (Å²) in [5.74, 6) is 0.595. The van der Waals surface area contributed by atoms with E-state index in [1.807, 2.05) is 0 Å². The average Bonchev–Trinajstić information content (AvgIpc) is 2.59. The van der Waals surface area contributed by atoms with Crippen molar-refractivity contribution in [3.63, 3.8) is 0 Å². The Balaban J connectivity index is 2.27. The van der Waals surface area contributed by atoms with Crippen LogP contribution in [0.2, 0.25) is 0 Å². The summed E-state index contributed by atoms with van der Waals surface area (Å²) in [7, 11) is 0. The van der Waals surface area contributed by atoms with Crippen molar-refractivity contribution in [2.45, 2.75) is 57.8 Å². The highest BCUT2D eigenvalue weighted by Gasteiger charge is 2.53. The summed E-state index contributed by atoms with van der Waals surface area (Å²) in [6.07, 6.45) is 3.75. The molecule has 76 valence electrons. The molecule has 0 aromatic rings. The Morgan fingerprint density at radius 1 is 1.23 bits per heavy atom. The van der Waals surface area contributed by atoms with Gasteiger partial charge >= 0.3 is 0 Å². The van der Waals surface area contributed by atoms with E-state index in [1.165, 1.54) is 0 Å². The number of fused-ring (bicyclic) bond motifs is 2. The first-order valence-electron chi connectivity index (χ1n) is 5.47. The van der Waals surface area contributed by atoms with E-state index < -0.39 is 5.60 Å². The zero-order valence-corrected chi connectivity index (χ0v) is 8.79. The second-order valence-electron chi connectivity index (χ2n) is 4.71. The Morgan fingerprint density at radius 2 is 1.69 bits per heavy atom. The SMILES string of the molecule is CC[C@@]1(O)[C@H](C)C2CCC(O2)[C@@H]1C. The van der Waals surface area contributed by atoms with Crippen molar-refractivity contribution in [3.05, 3.63) is 0 Å².